The molecule has 3 heteroatoms. The van der Waals surface area contributed by atoms with Crippen LogP contribution in [0.4, 0.5) is 4.39 Å². The highest BCUT2D eigenvalue weighted by atomic mass is 19.1. The molecule has 2 N–H and O–H groups in total. The van der Waals surface area contributed by atoms with Crippen LogP contribution in [0.15, 0.2) is 12.1 Å². The lowest BCUT2D eigenvalue weighted by molar-refractivity contribution is 0.406. The summed E-state index contributed by atoms with van der Waals surface area (Å²) in [6.45, 7) is 2.55. The second kappa shape index (κ2) is 3.49. The van der Waals surface area contributed by atoms with Crippen LogP contribution in [0.25, 0.3) is 0 Å². The van der Waals surface area contributed by atoms with E-state index in [2.05, 4.69) is 0 Å². The standard InChI is InChI=1S/C12H16FNO/c1-8-10(12(7-14)3-4-12)5-9(13)6-11(8)15-2/h5-6H,3-4,7,14H2,1-2H3. The number of hydrogen-bond acceptors (Lipinski definition) is 2. The molecule has 1 aromatic rings. The first-order valence-corrected chi connectivity index (χ1v) is 5.17. The fourth-order valence-electron chi connectivity index (χ4n) is 2.15. The SMILES string of the molecule is COc1cc(F)cc(C2(CN)CC2)c1C. The van der Waals surface area contributed by atoms with Gasteiger partial charge in [-0.2, -0.15) is 0 Å². The molecule has 0 bridgehead atoms. The second-order valence-electron chi connectivity index (χ2n) is 4.27. The summed E-state index contributed by atoms with van der Waals surface area (Å²) in [5, 5.41) is 0. The first kappa shape index (κ1) is 10.4. The van der Waals surface area contributed by atoms with Crippen LogP contribution in [-0.2, 0) is 5.41 Å². The number of rotatable bonds is 3. The first-order chi connectivity index (χ1) is 7.13. The fourth-order valence-corrected chi connectivity index (χ4v) is 2.15. The van der Waals surface area contributed by atoms with Crippen molar-refractivity contribution in [2.75, 3.05) is 13.7 Å². The molecule has 0 aliphatic heterocycles. The van der Waals surface area contributed by atoms with E-state index in [0.29, 0.717) is 12.3 Å². The van der Waals surface area contributed by atoms with E-state index in [4.69, 9.17) is 10.5 Å². The molecule has 0 amide bonds. The van der Waals surface area contributed by atoms with Gasteiger partial charge in [-0.05, 0) is 37.0 Å². The lowest BCUT2D eigenvalue weighted by atomic mass is 9.91. The number of hydrogen-bond donors (Lipinski definition) is 1. The molecule has 2 nitrogen and oxygen atoms in total. The van der Waals surface area contributed by atoms with Crippen molar-refractivity contribution in [3.05, 3.63) is 29.1 Å². The van der Waals surface area contributed by atoms with Crippen molar-refractivity contribution in [2.45, 2.75) is 25.2 Å². The molecule has 2 rings (SSSR count). The van der Waals surface area contributed by atoms with Crippen LogP contribution in [0.5, 0.6) is 5.75 Å². The zero-order valence-electron chi connectivity index (χ0n) is 9.14. The molecule has 1 aliphatic rings. The molecule has 0 spiro atoms. The Morgan fingerprint density at radius 3 is 2.60 bits per heavy atom. The summed E-state index contributed by atoms with van der Waals surface area (Å²) < 4.78 is 18.5. The molecule has 1 fully saturated rings. The average Bonchev–Trinajstić information content (AvgIpc) is 3.01. The van der Waals surface area contributed by atoms with Crippen LogP contribution >= 0.6 is 0 Å². The molecule has 15 heavy (non-hydrogen) atoms. The summed E-state index contributed by atoms with van der Waals surface area (Å²) in [4.78, 5) is 0. The summed E-state index contributed by atoms with van der Waals surface area (Å²) >= 11 is 0. The van der Waals surface area contributed by atoms with Crippen LogP contribution in [-0.4, -0.2) is 13.7 Å². The molecule has 82 valence electrons. The molecule has 0 radical (unpaired) electrons. The van der Waals surface area contributed by atoms with Gasteiger partial charge >= 0.3 is 0 Å². The zero-order chi connectivity index (χ0) is 11.1. The maximum atomic E-state index is 13.4. The van der Waals surface area contributed by atoms with Gasteiger partial charge in [0, 0.05) is 18.0 Å². The maximum Gasteiger partial charge on any atom is 0.127 e. The fraction of sp³-hybridized carbons (Fsp3) is 0.500. The monoisotopic (exact) mass is 209 g/mol. The van der Waals surface area contributed by atoms with E-state index >= 15 is 0 Å². The molecule has 0 atom stereocenters. The van der Waals surface area contributed by atoms with Crippen LogP contribution in [0.3, 0.4) is 0 Å². The topological polar surface area (TPSA) is 35.2 Å². The van der Waals surface area contributed by atoms with Crippen molar-refractivity contribution in [1.29, 1.82) is 0 Å². The lowest BCUT2D eigenvalue weighted by Gasteiger charge is -2.18. The number of nitrogens with two attached hydrogens (primary N) is 1. The summed E-state index contributed by atoms with van der Waals surface area (Å²) in [6, 6.07) is 3.02. The van der Waals surface area contributed by atoms with Crippen molar-refractivity contribution in [1.82, 2.24) is 0 Å². The van der Waals surface area contributed by atoms with E-state index in [9.17, 15) is 4.39 Å². The first-order valence-electron chi connectivity index (χ1n) is 5.17. The van der Waals surface area contributed by atoms with Crippen LogP contribution in [0.2, 0.25) is 0 Å². The van der Waals surface area contributed by atoms with E-state index in [-0.39, 0.29) is 11.2 Å². The highest BCUT2D eigenvalue weighted by molar-refractivity contribution is 5.46. The summed E-state index contributed by atoms with van der Waals surface area (Å²) in [6.07, 6.45) is 2.11. The molecular formula is C12H16FNO. The zero-order valence-corrected chi connectivity index (χ0v) is 9.14. The highest BCUT2D eigenvalue weighted by Gasteiger charge is 2.44. The molecule has 0 heterocycles. The Labute approximate surface area is 89.2 Å². The smallest absolute Gasteiger partial charge is 0.127 e. The quantitative estimate of drug-likeness (QED) is 0.827. The van der Waals surface area contributed by atoms with E-state index in [1.165, 1.54) is 6.07 Å². The van der Waals surface area contributed by atoms with Gasteiger partial charge in [-0.1, -0.05) is 0 Å². The summed E-state index contributed by atoms with van der Waals surface area (Å²) in [5.41, 5.74) is 7.79. The molecule has 0 saturated heterocycles. The minimum absolute atomic E-state index is 0.0134. The van der Waals surface area contributed by atoms with E-state index in [0.717, 1.165) is 24.0 Å². The minimum Gasteiger partial charge on any atom is -0.496 e. The van der Waals surface area contributed by atoms with Gasteiger partial charge in [0.1, 0.15) is 11.6 Å². The second-order valence-corrected chi connectivity index (χ2v) is 4.27. The minimum atomic E-state index is -0.243. The van der Waals surface area contributed by atoms with Gasteiger partial charge in [0.15, 0.2) is 0 Å². The van der Waals surface area contributed by atoms with Crippen molar-refractivity contribution in [2.24, 2.45) is 5.73 Å². The Kier molecular flexibility index (Phi) is 2.43. The largest absolute Gasteiger partial charge is 0.496 e. The Balaban J connectivity index is 2.51. The predicted octanol–water partition coefficient (Wildman–Crippen LogP) is 2.13. The van der Waals surface area contributed by atoms with Crippen LogP contribution < -0.4 is 10.5 Å². The molecule has 1 aliphatic carbocycles. The van der Waals surface area contributed by atoms with Crippen LogP contribution in [0, 0.1) is 12.7 Å². The Bertz CT molecular complexity index is 385. The molecular weight excluding hydrogens is 193 g/mol. The normalized spacial score (nSPS) is 17.6. The van der Waals surface area contributed by atoms with Crippen molar-refractivity contribution in [3.8, 4) is 5.75 Å². The number of benzene rings is 1. The summed E-state index contributed by atoms with van der Waals surface area (Å²) in [5.74, 6) is 0.372. The van der Waals surface area contributed by atoms with Crippen molar-refractivity contribution in [3.63, 3.8) is 0 Å². The molecule has 0 unspecified atom stereocenters. The Morgan fingerprint density at radius 1 is 1.47 bits per heavy atom. The number of ether oxygens (including phenoxy) is 1. The predicted molar refractivity (Wildman–Crippen MR) is 57.7 cm³/mol. The highest BCUT2D eigenvalue weighted by Crippen LogP contribution is 2.49. The Hall–Kier alpha value is -1.09. The van der Waals surface area contributed by atoms with Crippen molar-refractivity contribution >= 4 is 0 Å². The van der Waals surface area contributed by atoms with Gasteiger partial charge in [-0.3, -0.25) is 0 Å². The molecule has 0 aromatic heterocycles. The van der Waals surface area contributed by atoms with E-state index < -0.39 is 0 Å². The summed E-state index contributed by atoms with van der Waals surface area (Å²) in [7, 11) is 1.56. The van der Waals surface area contributed by atoms with Gasteiger partial charge < -0.3 is 10.5 Å². The molecule has 1 aromatic carbocycles. The van der Waals surface area contributed by atoms with E-state index in [1.807, 2.05) is 6.92 Å². The van der Waals surface area contributed by atoms with Gasteiger partial charge in [0.2, 0.25) is 0 Å². The lowest BCUT2D eigenvalue weighted by Crippen LogP contribution is -2.21. The number of methoxy groups -OCH3 is 1. The number of halogens is 1. The average molecular weight is 209 g/mol. The van der Waals surface area contributed by atoms with Gasteiger partial charge in [-0.25, -0.2) is 4.39 Å². The third-order valence-electron chi connectivity index (χ3n) is 3.36. The van der Waals surface area contributed by atoms with Gasteiger partial charge in [0.25, 0.3) is 0 Å². The van der Waals surface area contributed by atoms with E-state index in [1.54, 1.807) is 13.2 Å². The third kappa shape index (κ3) is 1.61. The molecule has 1 saturated carbocycles. The maximum absolute atomic E-state index is 13.4. The van der Waals surface area contributed by atoms with Gasteiger partial charge in [-0.15, -0.1) is 0 Å². The third-order valence-corrected chi connectivity index (χ3v) is 3.36. The van der Waals surface area contributed by atoms with Crippen molar-refractivity contribution < 1.29 is 9.13 Å². The van der Waals surface area contributed by atoms with Crippen LogP contribution in [0.1, 0.15) is 24.0 Å². The Morgan fingerprint density at radius 2 is 2.13 bits per heavy atom. The van der Waals surface area contributed by atoms with Gasteiger partial charge in [0.05, 0.1) is 7.11 Å².